The Labute approximate surface area is 97.8 Å². The summed E-state index contributed by atoms with van der Waals surface area (Å²) in [5, 5.41) is 0. The predicted molar refractivity (Wildman–Crippen MR) is 66.6 cm³/mol. The van der Waals surface area contributed by atoms with Gasteiger partial charge in [-0.15, -0.1) is 0 Å². The number of benzene rings is 1. The molecule has 2 N–H and O–H groups in total. The van der Waals surface area contributed by atoms with Gasteiger partial charge in [-0.3, -0.25) is 0 Å². The highest BCUT2D eigenvalue weighted by Crippen LogP contribution is 2.31. The van der Waals surface area contributed by atoms with Gasteiger partial charge in [-0.1, -0.05) is 12.1 Å². The second-order valence-electron chi connectivity index (χ2n) is 5.06. The molecule has 0 radical (unpaired) electrons. The normalized spacial score (nSPS) is 25.8. The zero-order chi connectivity index (χ0) is 11.8. The molecule has 1 unspecified atom stereocenters. The summed E-state index contributed by atoms with van der Waals surface area (Å²) in [5.74, 6) is 0. The Morgan fingerprint density at radius 3 is 2.44 bits per heavy atom. The first-order valence-corrected chi connectivity index (χ1v) is 5.98. The third-order valence-electron chi connectivity index (χ3n) is 3.65. The van der Waals surface area contributed by atoms with Gasteiger partial charge in [-0.05, 0) is 55.9 Å². The molecule has 1 saturated heterocycles. The smallest absolute Gasteiger partial charge is 0.0688 e. The van der Waals surface area contributed by atoms with Gasteiger partial charge in [0, 0.05) is 6.61 Å². The van der Waals surface area contributed by atoms with Gasteiger partial charge < -0.3 is 10.5 Å². The lowest BCUT2D eigenvalue weighted by molar-refractivity contribution is 0.0364. The summed E-state index contributed by atoms with van der Waals surface area (Å²) in [4.78, 5) is 0. The van der Waals surface area contributed by atoms with E-state index < -0.39 is 0 Å². The molecule has 0 amide bonds. The maximum Gasteiger partial charge on any atom is 0.0688 e. The average Bonchev–Trinajstić information content (AvgIpc) is 2.24. The molecule has 0 aliphatic carbocycles. The fourth-order valence-corrected chi connectivity index (χ4v) is 2.53. The average molecular weight is 219 g/mol. The van der Waals surface area contributed by atoms with E-state index in [0.717, 1.165) is 19.4 Å². The van der Waals surface area contributed by atoms with Crippen molar-refractivity contribution < 1.29 is 4.74 Å². The third kappa shape index (κ3) is 2.00. The molecule has 0 spiro atoms. The number of hydrogen-bond donors (Lipinski definition) is 1. The minimum Gasteiger partial charge on any atom is -0.379 e. The van der Waals surface area contributed by atoms with E-state index in [1.54, 1.807) is 0 Å². The number of rotatable bonds is 1. The number of nitrogens with two attached hydrogens (primary N) is 1. The largest absolute Gasteiger partial charge is 0.379 e. The van der Waals surface area contributed by atoms with Crippen LogP contribution in [0.25, 0.3) is 0 Å². The first-order chi connectivity index (χ1) is 7.53. The molecule has 1 aliphatic heterocycles. The minimum atomic E-state index is -0.277. The Morgan fingerprint density at radius 2 is 1.81 bits per heavy atom. The molecule has 0 aromatic heterocycles. The first-order valence-electron chi connectivity index (χ1n) is 5.98. The van der Waals surface area contributed by atoms with Crippen molar-refractivity contribution in [2.45, 2.75) is 39.2 Å². The first kappa shape index (κ1) is 11.6. The quantitative estimate of drug-likeness (QED) is 0.788. The lowest BCUT2D eigenvalue weighted by Gasteiger charge is -2.35. The van der Waals surface area contributed by atoms with Crippen LogP contribution in [0.2, 0.25) is 0 Å². The van der Waals surface area contributed by atoms with Gasteiger partial charge in [-0.25, -0.2) is 0 Å². The van der Waals surface area contributed by atoms with Crippen molar-refractivity contribution >= 4 is 0 Å². The van der Waals surface area contributed by atoms with Gasteiger partial charge in [0.05, 0.1) is 12.1 Å². The lowest BCUT2D eigenvalue weighted by atomic mass is 9.82. The highest BCUT2D eigenvalue weighted by molar-refractivity contribution is 5.40. The van der Waals surface area contributed by atoms with Gasteiger partial charge in [0.1, 0.15) is 0 Å². The topological polar surface area (TPSA) is 35.2 Å². The monoisotopic (exact) mass is 219 g/mol. The van der Waals surface area contributed by atoms with Crippen LogP contribution in [-0.4, -0.2) is 13.2 Å². The van der Waals surface area contributed by atoms with Crippen molar-refractivity contribution in [2.75, 3.05) is 13.2 Å². The third-order valence-corrected chi connectivity index (χ3v) is 3.65. The van der Waals surface area contributed by atoms with Crippen LogP contribution in [-0.2, 0) is 10.3 Å². The van der Waals surface area contributed by atoms with Gasteiger partial charge in [0.25, 0.3) is 0 Å². The van der Waals surface area contributed by atoms with Crippen LogP contribution in [0.15, 0.2) is 12.1 Å². The molecule has 0 bridgehead atoms. The summed E-state index contributed by atoms with van der Waals surface area (Å²) in [5.41, 5.74) is 11.4. The van der Waals surface area contributed by atoms with Crippen LogP contribution in [0.1, 0.15) is 35.1 Å². The molecule has 1 fully saturated rings. The van der Waals surface area contributed by atoms with E-state index in [9.17, 15) is 0 Å². The molecule has 2 rings (SSSR count). The zero-order valence-electron chi connectivity index (χ0n) is 10.5. The van der Waals surface area contributed by atoms with E-state index in [1.165, 1.54) is 22.3 Å². The Morgan fingerprint density at radius 1 is 1.12 bits per heavy atom. The van der Waals surface area contributed by atoms with Crippen LogP contribution >= 0.6 is 0 Å². The Hall–Kier alpha value is -0.860. The van der Waals surface area contributed by atoms with Gasteiger partial charge in [0.15, 0.2) is 0 Å². The molecule has 88 valence electrons. The Kier molecular flexibility index (Phi) is 3.04. The number of aryl methyl sites for hydroxylation is 3. The summed E-state index contributed by atoms with van der Waals surface area (Å²) >= 11 is 0. The molecule has 2 nitrogen and oxygen atoms in total. The molecular formula is C14H21NO. The second-order valence-corrected chi connectivity index (χ2v) is 5.06. The molecule has 16 heavy (non-hydrogen) atoms. The van der Waals surface area contributed by atoms with Crippen molar-refractivity contribution in [1.29, 1.82) is 0 Å². The van der Waals surface area contributed by atoms with Crippen LogP contribution in [0, 0.1) is 20.8 Å². The fraction of sp³-hybridized carbons (Fsp3) is 0.571. The SMILES string of the molecule is Cc1cc(C)c(C2(N)CCCOC2)cc1C. The van der Waals surface area contributed by atoms with Crippen molar-refractivity contribution in [3.8, 4) is 0 Å². The highest BCUT2D eigenvalue weighted by Gasteiger charge is 2.31. The summed E-state index contributed by atoms with van der Waals surface area (Å²) in [7, 11) is 0. The number of ether oxygens (including phenoxy) is 1. The van der Waals surface area contributed by atoms with Crippen LogP contribution in [0.5, 0.6) is 0 Å². The van der Waals surface area contributed by atoms with E-state index in [0.29, 0.717) is 6.61 Å². The van der Waals surface area contributed by atoms with Gasteiger partial charge in [-0.2, -0.15) is 0 Å². The lowest BCUT2D eigenvalue weighted by Crippen LogP contribution is -2.45. The molecule has 1 heterocycles. The van der Waals surface area contributed by atoms with Crippen LogP contribution in [0.4, 0.5) is 0 Å². The minimum absolute atomic E-state index is 0.277. The summed E-state index contributed by atoms with van der Waals surface area (Å²) < 4.78 is 5.54. The van der Waals surface area contributed by atoms with E-state index in [4.69, 9.17) is 10.5 Å². The molecule has 1 aliphatic rings. The molecule has 1 aromatic carbocycles. The van der Waals surface area contributed by atoms with E-state index in [1.807, 2.05) is 0 Å². The van der Waals surface area contributed by atoms with Gasteiger partial charge >= 0.3 is 0 Å². The van der Waals surface area contributed by atoms with Crippen molar-refractivity contribution in [1.82, 2.24) is 0 Å². The Bertz CT molecular complexity index is 392. The van der Waals surface area contributed by atoms with Gasteiger partial charge in [0.2, 0.25) is 0 Å². The van der Waals surface area contributed by atoms with E-state index in [-0.39, 0.29) is 5.54 Å². The number of hydrogen-bond acceptors (Lipinski definition) is 2. The zero-order valence-corrected chi connectivity index (χ0v) is 10.5. The molecular weight excluding hydrogens is 198 g/mol. The van der Waals surface area contributed by atoms with E-state index in [2.05, 4.69) is 32.9 Å². The molecule has 1 atom stereocenters. The molecule has 1 aromatic rings. The molecule has 2 heteroatoms. The van der Waals surface area contributed by atoms with Crippen LogP contribution < -0.4 is 5.73 Å². The second kappa shape index (κ2) is 4.19. The standard InChI is InChI=1S/C14H21NO/c1-10-7-12(3)13(8-11(10)2)14(15)5-4-6-16-9-14/h7-8H,4-6,9,15H2,1-3H3. The summed E-state index contributed by atoms with van der Waals surface area (Å²) in [6.07, 6.45) is 2.08. The van der Waals surface area contributed by atoms with Crippen molar-refractivity contribution in [2.24, 2.45) is 5.73 Å². The summed E-state index contributed by atoms with van der Waals surface area (Å²) in [6.45, 7) is 7.93. The van der Waals surface area contributed by atoms with E-state index >= 15 is 0 Å². The molecule has 0 saturated carbocycles. The van der Waals surface area contributed by atoms with Crippen molar-refractivity contribution in [3.63, 3.8) is 0 Å². The van der Waals surface area contributed by atoms with Crippen LogP contribution in [0.3, 0.4) is 0 Å². The van der Waals surface area contributed by atoms with Crippen molar-refractivity contribution in [3.05, 3.63) is 34.4 Å². The Balaban J connectivity index is 2.42. The maximum atomic E-state index is 6.48. The highest BCUT2D eigenvalue weighted by atomic mass is 16.5. The maximum absolute atomic E-state index is 6.48. The predicted octanol–water partition coefficient (Wildman–Crippen LogP) is 2.58. The fourth-order valence-electron chi connectivity index (χ4n) is 2.53. The summed E-state index contributed by atoms with van der Waals surface area (Å²) in [6, 6.07) is 4.47.